The van der Waals surface area contributed by atoms with Crippen molar-refractivity contribution in [2.75, 3.05) is 25.1 Å². The Balaban J connectivity index is 2.03. The minimum Gasteiger partial charge on any atom is -0.491 e. The monoisotopic (exact) mass is 304 g/mol. The summed E-state index contributed by atoms with van der Waals surface area (Å²) in [5, 5.41) is 2.66. The van der Waals surface area contributed by atoms with Crippen LogP contribution in [0.15, 0.2) is 18.3 Å². The zero-order valence-corrected chi connectivity index (χ0v) is 13.0. The molecule has 2 aromatic rings. The molecule has 0 saturated heterocycles. The van der Waals surface area contributed by atoms with E-state index in [0.717, 1.165) is 5.69 Å². The van der Waals surface area contributed by atoms with Crippen molar-refractivity contribution in [2.45, 2.75) is 20.8 Å². The summed E-state index contributed by atoms with van der Waals surface area (Å²) in [6.07, 6.45) is 1.71. The number of hydrogen-bond donors (Lipinski definition) is 2. The van der Waals surface area contributed by atoms with Gasteiger partial charge in [-0.05, 0) is 20.8 Å². The van der Waals surface area contributed by atoms with Crippen molar-refractivity contribution in [3.8, 4) is 5.75 Å². The third-order valence-corrected chi connectivity index (χ3v) is 2.80. The van der Waals surface area contributed by atoms with Crippen molar-refractivity contribution in [1.82, 2.24) is 15.0 Å². The lowest BCUT2D eigenvalue weighted by atomic mass is 10.3. The highest BCUT2D eigenvalue weighted by Crippen LogP contribution is 2.15. The van der Waals surface area contributed by atoms with Gasteiger partial charge in [0, 0.05) is 30.6 Å². The molecule has 0 fully saturated rings. The Morgan fingerprint density at radius 2 is 2.05 bits per heavy atom. The summed E-state index contributed by atoms with van der Waals surface area (Å²) in [6.45, 7) is 7.15. The van der Waals surface area contributed by atoms with E-state index in [1.165, 1.54) is 0 Å². The summed E-state index contributed by atoms with van der Waals surface area (Å²) in [5.41, 5.74) is 1.78. The van der Waals surface area contributed by atoms with Crippen molar-refractivity contribution in [3.63, 3.8) is 0 Å². The van der Waals surface area contributed by atoms with Crippen molar-refractivity contribution >= 4 is 11.9 Å². The molecule has 0 spiro atoms. The normalized spacial score (nSPS) is 10.5. The van der Waals surface area contributed by atoms with Crippen LogP contribution in [0.5, 0.6) is 5.75 Å². The smallest absolute Gasteiger partial charge is 0.276 e. The fourth-order valence-corrected chi connectivity index (χ4v) is 1.85. The zero-order chi connectivity index (χ0) is 15.9. The highest BCUT2D eigenvalue weighted by molar-refractivity contribution is 6.02. The first-order valence-electron chi connectivity index (χ1n) is 7.11. The van der Waals surface area contributed by atoms with Crippen LogP contribution in [0.4, 0.5) is 5.95 Å². The summed E-state index contributed by atoms with van der Waals surface area (Å²) >= 11 is 0. The number of H-pyrrole nitrogens is 1. The molecule has 0 aromatic carbocycles. The molecule has 0 aliphatic rings. The number of ether oxygens (including phenoxy) is 2. The van der Waals surface area contributed by atoms with Gasteiger partial charge in [0.1, 0.15) is 18.1 Å². The van der Waals surface area contributed by atoms with Gasteiger partial charge in [0.05, 0.1) is 12.3 Å². The van der Waals surface area contributed by atoms with E-state index in [2.05, 4.69) is 20.3 Å². The second-order valence-electron chi connectivity index (χ2n) is 4.72. The molecule has 0 unspecified atom stereocenters. The number of imidazole rings is 1. The lowest BCUT2D eigenvalue weighted by molar-refractivity contribution is 0.101. The van der Waals surface area contributed by atoms with Gasteiger partial charge >= 0.3 is 0 Å². The Kier molecular flexibility index (Phi) is 5.48. The van der Waals surface area contributed by atoms with Gasteiger partial charge in [0.25, 0.3) is 5.91 Å². The Morgan fingerprint density at radius 1 is 1.23 bits per heavy atom. The molecule has 0 saturated carbocycles. The molecule has 2 aromatic heterocycles. The molecular weight excluding hydrogens is 284 g/mol. The Labute approximate surface area is 129 Å². The van der Waals surface area contributed by atoms with Gasteiger partial charge in [-0.15, -0.1) is 0 Å². The number of carbonyl (C=O) groups is 1. The lowest BCUT2D eigenvalue weighted by Crippen LogP contribution is -2.15. The van der Waals surface area contributed by atoms with Gasteiger partial charge in [0.2, 0.25) is 5.95 Å². The van der Waals surface area contributed by atoms with Gasteiger partial charge in [-0.2, -0.15) is 0 Å². The zero-order valence-electron chi connectivity index (χ0n) is 13.0. The summed E-state index contributed by atoms with van der Waals surface area (Å²) in [7, 11) is 0. The van der Waals surface area contributed by atoms with Crippen LogP contribution >= 0.6 is 0 Å². The number of pyridine rings is 1. The number of hydrogen-bond acceptors (Lipinski definition) is 5. The predicted octanol–water partition coefficient (Wildman–Crippen LogP) is 2.09. The molecule has 7 nitrogen and oxygen atoms in total. The SMILES string of the molecule is CCOCCOc1cc(C)nc(C(=O)Nc2nc(C)c[nH]2)c1. The minimum absolute atomic E-state index is 0.278. The van der Waals surface area contributed by atoms with E-state index in [4.69, 9.17) is 9.47 Å². The molecule has 2 N–H and O–H groups in total. The van der Waals surface area contributed by atoms with Gasteiger partial charge in [-0.1, -0.05) is 0 Å². The number of aryl methyl sites for hydroxylation is 2. The molecule has 2 heterocycles. The standard InChI is InChI=1S/C15H20N4O3/c1-4-21-5-6-22-12-7-10(2)17-13(8-12)14(20)19-15-16-9-11(3)18-15/h7-9H,4-6H2,1-3H3,(H2,16,18,19,20). The van der Waals surface area contributed by atoms with Crippen LogP contribution in [0.3, 0.4) is 0 Å². The van der Waals surface area contributed by atoms with Crippen molar-refractivity contribution in [3.05, 3.63) is 35.4 Å². The Morgan fingerprint density at radius 3 is 2.73 bits per heavy atom. The van der Waals surface area contributed by atoms with Gasteiger partial charge in [-0.3, -0.25) is 10.1 Å². The van der Waals surface area contributed by atoms with Crippen molar-refractivity contribution in [2.24, 2.45) is 0 Å². The highest BCUT2D eigenvalue weighted by Gasteiger charge is 2.12. The maximum Gasteiger partial charge on any atom is 0.276 e. The van der Waals surface area contributed by atoms with Crippen LogP contribution in [0.2, 0.25) is 0 Å². The molecule has 1 amide bonds. The molecule has 22 heavy (non-hydrogen) atoms. The maximum atomic E-state index is 12.2. The Hall–Kier alpha value is -2.41. The van der Waals surface area contributed by atoms with E-state index in [0.29, 0.717) is 37.2 Å². The number of nitrogens with one attached hydrogen (secondary N) is 2. The van der Waals surface area contributed by atoms with Gasteiger partial charge in [-0.25, -0.2) is 9.97 Å². The second kappa shape index (κ2) is 7.56. The molecular formula is C15H20N4O3. The first-order valence-corrected chi connectivity index (χ1v) is 7.11. The van der Waals surface area contributed by atoms with Crippen LogP contribution in [0, 0.1) is 13.8 Å². The topological polar surface area (TPSA) is 89.1 Å². The minimum atomic E-state index is -0.340. The average molecular weight is 304 g/mol. The van der Waals surface area contributed by atoms with Crippen LogP contribution < -0.4 is 10.1 Å². The quantitative estimate of drug-likeness (QED) is 0.765. The molecule has 0 aliphatic carbocycles. The fraction of sp³-hybridized carbons (Fsp3) is 0.400. The number of carbonyl (C=O) groups excluding carboxylic acids is 1. The largest absolute Gasteiger partial charge is 0.491 e. The molecule has 0 bridgehead atoms. The third kappa shape index (κ3) is 4.56. The highest BCUT2D eigenvalue weighted by atomic mass is 16.5. The molecule has 0 radical (unpaired) electrons. The van der Waals surface area contributed by atoms with E-state index in [1.807, 2.05) is 20.8 Å². The maximum absolute atomic E-state index is 12.2. The fourth-order valence-electron chi connectivity index (χ4n) is 1.85. The number of amides is 1. The molecule has 7 heteroatoms. The predicted molar refractivity (Wildman–Crippen MR) is 82.2 cm³/mol. The molecule has 0 atom stereocenters. The molecule has 0 aliphatic heterocycles. The summed E-state index contributed by atoms with van der Waals surface area (Å²) in [4.78, 5) is 23.4. The first kappa shape index (κ1) is 16.0. The van der Waals surface area contributed by atoms with Gasteiger partial charge in [0.15, 0.2) is 0 Å². The van der Waals surface area contributed by atoms with E-state index >= 15 is 0 Å². The molecule has 2 rings (SSSR count). The van der Waals surface area contributed by atoms with Crippen LogP contribution in [0.25, 0.3) is 0 Å². The average Bonchev–Trinajstić information content (AvgIpc) is 2.88. The van der Waals surface area contributed by atoms with Gasteiger partial charge < -0.3 is 14.5 Å². The summed E-state index contributed by atoms with van der Waals surface area (Å²) < 4.78 is 10.8. The number of rotatable bonds is 7. The first-order chi connectivity index (χ1) is 10.6. The third-order valence-electron chi connectivity index (χ3n) is 2.80. The van der Waals surface area contributed by atoms with Crippen LogP contribution in [0.1, 0.15) is 28.8 Å². The molecule has 118 valence electrons. The number of aromatic nitrogens is 3. The van der Waals surface area contributed by atoms with E-state index < -0.39 is 0 Å². The van der Waals surface area contributed by atoms with Crippen molar-refractivity contribution in [1.29, 1.82) is 0 Å². The van der Waals surface area contributed by atoms with E-state index in [1.54, 1.807) is 18.3 Å². The van der Waals surface area contributed by atoms with Crippen LogP contribution in [-0.2, 0) is 4.74 Å². The number of aromatic amines is 1. The number of nitrogens with zero attached hydrogens (tertiary/aromatic N) is 2. The number of anilines is 1. The Bertz CT molecular complexity index is 639. The second-order valence-corrected chi connectivity index (χ2v) is 4.72. The van der Waals surface area contributed by atoms with Crippen LogP contribution in [-0.4, -0.2) is 40.7 Å². The lowest BCUT2D eigenvalue weighted by Gasteiger charge is -2.09. The summed E-state index contributed by atoms with van der Waals surface area (Å²) in [6, 6.07) is 3.38. The van der Waals surface area contributed by atoms with E-state index in [-0.39, 0.29) is 11.6 Å². The summed E-state index contributed by atoms with van der Waals surface area (Å²) in [5.74, 6) is 0.644. The van der Waals surface area contributed by atoms with E-state index in [9.17, 15) is 4.79 Å². The van der Waals surface area contributed by atoms with Crippen molar-refractivity contribution < 1.29 is 14.3 Å².